The maximum absolute atomic E-state index is 12.2. The van der Waals surface area contributed by atoms with Crippen molar-refractivity contribution in [3.05, 3.63) is 89.7 Å². The van der Waals surface area contributed by atoms with Crippen LogP contribution in [0.15, 0.2) is 72.8 Å². The summed E-state index contributed by atoms with van der Waals surface area (Å²) in [4.78, 5) is 39.6. The van der Waals surface area contributed by atoms with Gasteiger partial charge in [-0.2, -0.15) is 10.3 Å². The molecule has 1 atom stereocenters. The number of aromatic amines is 1. The number of benzene rings is 3. The molecule has 2 amide bonds. The highest BCUT2D eigenvalue weighted by molar-refractivity contribution is 5.83. The van der Waals surface area contributed by atoms with Crippen LogP contribution in [-0.4, -0.2) is 70.9 Å². The van der Waals surface area contributed by atoms with Gasteiger partial charge in [0, 0.05) is 37.4 Å². The molecule has 3 aromatic carbocycles. The number of tetrazole rings is 1. The van der Waals surface area contributed by atoms with Crippen molar-refractivity contribution in [3.8, 4) is 33.9 Å². The number of carboxylic acids is 1. The van der Waals surface area contributed by atoms with Crippen molar-refractivity contribution >= 4 is 17.8 Å². The number of carbonyl (C=O) groups is 3. The summed E-state index contributed by atoms with van der Waals surface area (Å²) in [7, 11) is 0. The Morgan fingerprint density at radius 3 is 2.27 bits per heavy atom. The lowest BCUT2D eigenvalue weighted by atomic mass is 9.98. The highest BCUT2D eigenvalue weighted by Crippen LogP contribution is 2.30. The number of hydrogen-bond donors (Lipinski definition) is 4. The first-order valence-electron chi connectivity index (χ1n) is 16.0. The van der Waals surface area contributed by atoms with E-state index in [0.29, 0.717) is 31.2 Å². The zero-order valence-electron chi connectivity index (χ0n) is 27.0. The second-order valence-corrected chi connectivity index (χ2v) is 11.5. The van der Waals surface area contributed by atoms with Gasteiger partial charge in [-0.3, -0.25) is 9.59 Å². The van der Waals surface area contributed by atoms with E-state index in [9.17, 15) is 19.5 Å². The standard InChI is InChI=1S/C35H39N9O4/c1-3-4-9-31-38-33(27-16-10-24(11-17-27)20-21-36-32(46)19-18-30(35(47)48)37-23(2)45)41-44(31)22-25-12-14-26(15-13-25)28-7-5-6-8-29(28)34-39-42-43-40-34/h5-8,10-17,30H,3-4,9,18-22H2,1-2H3,(H,36,46)(H,37,45)(H,47,48)(H,39,40,42,43). The minimum atomic E-state index is -1.16. The van der Waals surface area contributed by atoms with Gasteiger partial charge in [-0.25, -0.2) is 14.5 Å². The number of aryl methyl sites for hydroxylation is 1. The third kappa shape index (κ3) is 8.96. The van der Waals surface area contributed by atoms with Crippen molar-refractivity contribution in [1.82, 2.24) is 46.0 Å². The van der Waals surface area contributed by atoms with Crippen LogP contribution in [0.4, 0.5) is 0 Å². The van der Waals surface area contributed by atoms with Crippen LogP contribution >= 0.6 is 0 Å². The Morgan fingerprint density at radius 1 is 0.896 bits per heavy atom. The number of carboxylic acid groups (broad SMARTS) is 1. The van der Waals surface area contributed by atoms with Gasteiger partial charge in [-0.05, 0) is 46.7 Å². The van der Waals surface area contributed by atoms with Crippen LogP contribution in [0, 0.1) is 0 Å². The highest BCUT2D eigenvalue weighted by Gasteiger charge is 2.19. The highest BCUT2D eigenvalue weighted by atomic mass is 16.4. The minimum absolute atomic E-state index is 0.00446. The van der Waals surface area contributed by atoms with Gasteiger partial charge in [0.2, 0.25) is 17.6 Å². The predicted octanol–water partition coefficient (Wildman–Crippen LogP) is 4.21. The van der Waals surface area contributed by atoms with Crippen LogP contribution in [0.25, 0.3) is 33.9 Å². The summed E-state index contributed by atoms with van der Waals surface area (Å²) in [5.74, 6) is 0.281. The third-order valence-corrected chi connectivity index (χ3v) is 7.90. The first kappa shape index (κ1) is 33.6. The van der Waals surface area contributed by atoms with Gasteiger partial charge in [-0.15, -0.1) is 10.2 Å². The van der Waals surface area contributed by atoms with E-state index in [1.54, 1.807) is 0 Å². The summed E-state index contributed by atoms with van der Waals surface area (Å²) in [6, 6.07) is 23.3. The van der Waals surface area contributed by atoms with Gasteiger partial charge in [0.15, 0.2) is 5.82 Å². The van der Waals surface area contributed by atoms with Gasteiger partial charge >= 0.3 is 5.97 Å². The van der Waals surface area contributed by atoms with E-state index >= 15 is 0 Å². The van der Waals surface area contributed by atoms with E-state index in [-0.39, 0.29) is 18.7 Å². The van der Waals surface area contributed by atoms with Crippen LogP contribution < -0.4 is 10.6 Å². The van der Waals surface area contributed by atoms with Crippen LogP contribution in [0.3, 0.4) is 0 Å². The normalized spacial score (nSPS) is 11.6. The van der Waals surface area contributed by atoms with Crippen molar-refractivity contribution < 1.29 is 19.5 Å². The number of aromatic nitrogens is 7. The van der Waals surface area contributed by atoms with Gasteiger partial charge in [-0.1, -0.05) is 86.1 Å². The number of H-pyrrole nitrogens is 1. The Kier molecular flexibility index (Phi) is 11.4. The molecule has 0 bridgehead atoms. The topological polar surface area (TPSA) is 181 Å². The van der Waals surface area contributed by atoms with Crippen LogP contribution in [0.2, 0.25) is 0 Å². The fourth-order valence-corrected chi connectivity index (χ4v) is 5.34. The average Bonchev–Trinajstić information content (AvgIpc) is 3.77. The van der Waals surface area contributed by atoms with E-state index < -0.39 is 17.9 Å². The van der Waals surface area contributed by atoms with Crippen LogP contribution in [-0.2, 0) is 33.8 Å². The summed E-state index contributed by atoms with van der Waals surface area (Å²) in [6.07, 6.45) is 3.53. The Balaban J connectivity index is 1.20. The number of hydrogen-bond acceptors (Lipinski definition) is 8. The fraction of sp³-hybridized carbons (Fsp3) is 0.314. The third-order valence-electron chi connectivity index (χ3n) is 7.90. The van der Waals surface area contributed by atoms with E-state index in [1.807, 2.05) is 53.2 Å². The molecule has 2 heterocycles. The summed E-state index contributed by atoms with van der Waals surface area (Å²) >= 11 is 0. The number of nitrogens with zero attached hydrogens (tertiary/aromatic N) is 6. The fourth-order valence-electron chi connectivity index (χ4n) is 5.34. The van der Waals surface area contributed by atoms with Crippen LogP contribution in [0.5, 0.6) is 0 Å². The lowest BCUT2D eigenvalue weighted by Gasteiger charge is -2.13. The Bertz CT molecular complexity index is 1820. The van der Waals surface area contributed by atoms with Crippen molar-refractivity contribution in [1.29, 1.82) is 0 Å². The molecule has 0 saturated heterocycles. The lowest BCUT2D eigenvalue weighted by molar-refractivity contribution is -0.141. The summed E-state index contributed by atoms with van der Waals surface area (Å²) < 4.78 is 1.98. The monoisotopic (exact) mass is 649 g/mol. The molecule has 4 N–H and O–H groups in total. The average molecular weight is 650 g/mol. The van der Waals surface area contributed by atoms with E-state index in [2.05, 4.69) is 62.4 Å². The molecule has 0 saturated carbocycles. The summed E-state index contributed by atoms with van der Waals surface area (Å²) in [5, 5.41) is 33.8. The zero-order chi connectivity index (χ0) is 33.9. The molecule has 0 aliphatic rings. The molecule has 0 radical (unpaired) electrons. The van der Waals surface area contributed by atoms with E-state index in [1.165, 1.54) is 6.92 Å². The molecule has 13 heteroatoms. The smallest absolute Gasteiger partial charge is 0.326 e. The first-order valence-corrected chi connectivity index (χ1v) is 16.0. The molecule has 0 spiro atoms. The number of unbranched alkanes of at least 4 members (excludes halogenated alkanes) is 1. The summed E-state index contributed by atoms with van der Waals surface area (Å²) in [6.45, 7) is 4.41. The Morgan fingerprint density at radius 2 is 1.60 bits per heavy atom. The number of nitrogens with one attached hydrogen (secondary N) is 3. The molecule has 0 fully saturated rings. The second-order valence-electron chi connectivity index (χ2n) is 11.5. The molecule has 1 unspecified atom stereocenters. The maximum Gasteiger partial charge on any atom is 0.326 e. The molecule has 48 heavy (non-hydrogen) atoms. The molecular weight excluding hydrogens is 610 g/mol. The SMILES string of the molecule is CCCCc1nc(-c2ccc(CCNC(=O)CCC(NC(C)=O)C(=O)O)cc2)nn1Cc1ccc(-c2ccccc2-c2nn[nH]n2)cc1. The molecule has 2 aromatic heterocycles. The van der Waals surface area contributed by atoms with Crippen LogP contribution in [0.1, 0.15) is 56.5 Å². The Hall–Kier alpha value is -5.72. The molecular formula is C35H39N9O4. The molecule has 0 aliphatic heterocycles. The minimum Gasteiger partial charge on any atom is -0.480 e. The predicted molar refractivity (Wildman–Crippen MR) is 179 cm³/mol. The molecule has 5 rings (SSSR count). The number of aliphatic carboxylic acids is 1. The quantitative estimate of drug-likeness (QED) is 0.122. The molecule has 5 aromatic rings. The van der Waals surface area contributed by atoms with Crippen molar-refractivity contribution in [3.63, 3.8) is 0 Å². The number of amides is 2. The van der Waals surface area contributed by atoms with E-state index in [0.717, 1.165) is 58.5 Å². The van der Waals surface area contributed by atoms with Gasteiger partial charge < -0.3 is 15.7 Å². The maximum atomic E-state index is 12.2. The summed E-state index contributed by atoms with van der Waals surface area (Å²) in [5.41, 5.74) is 6.03. The first-order chi connectivity index (χ1) is 23.3. The van der Waals surface area contributed by atoms with Gasteiger partial charge in [0.1, 0.15) is 11.9 Å². The lowest BCUT2D eigenvalue weighted by Crippen LogP contribution is -2.40. The van der Waals surface area contributed by atoms with Crippen molar-refractivity contribution in [2.75, 3.05) is 6.54 Å². The number of rotatable bonds is 16. The zero-order valence-corrected chi connectivity index (χ0v) is 27.0. The molecule has 0 aliphatic carbocycles. The second kappa shape index (κ2) is 16.2. The van der Waals surface area contributed by atoms with Gasteiger partial charge in [0.05, 0.1) is 6.54 Å². The van der Waals surface area contributed by atoms with Crippen molar-refractivity contribution in [2.24, 2.45) is 0 Å². The largest absolute Gasteiger partial charge is 0.480 e. The molecule has 248 valence electrons. The van der Waals surface area contributed by atoms with Crippen molar-refractivity contribution in [2.45, 2.75) is 65.0 Å². The Labute approximate surface area is 278 Å². The molecule has 13 nitrogen and oxygen atoms in total. The van der Waals surface area contributed by atoms with Gasteiger partial charge in [0.25, 0.3) is 0 Å². The van der Waals surface area contributed by atoms with E-state index in [4.69, 9.17) is 10.1 Å². The number of carbonyl (C=O) groups excluding carboxylic acids is 2.